The van der Waals surface area contributed by atoms with Crippen molar-refractivity contribution >= 4 is 33.6 Å². The maximum Gasteiger partial charge on any atom is 0.224 e. The molecule has 0 saturated carbocycles. The van der Waals surface area contributed by atoms with E-state index in [-0.39, 0.29) is 0 Å². The molecular formula is C25H23N5. The molecule has 2 heterocycles. The summed E-state index contributed by atoms with van der Waals surface area (Å²) in [5, 5.41) is 5.93. The third kappa shape index (κ3) is 2.87. The van der Waals surface area contributed by atoms with Gasteiger partial charge < -0.3 is 9.13 Å². The van der Waals surface area contributed by atoms with Gasteiger partial charge in [0.15, 0.2) is 0 Å². The topological polar surface area (TPSA) is 47.1 Å². The van der Waals surface area contributed by atoms with E-state index >= 15 is 0 Å². The Labute approximate surface area is 175 Å². The van der Waals surface area contributed by atoms with Gasteiger partial charge in [-0.1, -0.05) is 60.7 Å². The van der Waals surface area contributed by atoms with Gasteiger partial charge in [0.05, 0.1) is 22.4 Å². The first kappa shape index (κ1) is 18.2. The number of hydrazone groups is 1. The Kier molecular flexibility index (Phi) is 4.36. The molecule has 0 saturated heterocycles. The molecule has 5 rings (SSSR count). The van der Waals surface area contributed by atoms with E-state index < -0.39 is 0 Å². The lowest BCUT2D eigenvalue weighted by Crippen LogP contribution is -2.05. The van der Waals surface area contributed by atoms with Gasteiger partial charge in [-0.2, -0.15) is 5.10 Å². The van der Waals surface area contributed by atoms with E-state index in [1.54, 1.807) is 0 Å². The number of aryl methyl sites for hydroxylation is 2. The van der Waals surface area contributed by atoms with Crippen LogP contribution in [0.25, 0.3) is 33.2 Å². The Morgan fingerprint density at radius 1 is 0.800 bits per heavy atom. The Balaban J connectivity index is 1.64. The zero-order valence-electron chi connectivity index (χ0n) is 17.3. The van der Waals surface area contributed by atoms with Crippen molar-refractivity contribution in [2.24, 2.45) is 19.2 Å². The minimum Gasteiger partial charge on any atom is -0.343 e. The lowest BCUT2D eigenvalue weighted by molar-refractivity contribution is 0.942. The van der Waals surface area contributed by atoms with E-state index in [9.17, 15) is 0 Å². The number of hydrogen-bond donors (Lipinski definition) is 1. The van der Waals surface area contributed by atoms with Gasteiger partial charge in [0.25, 0.3) is 0 Å². The zero-order valence-corrected chi connectivity index (χ0v) is 17.3. The molecule has 1 N–H and O–H groups in total. The monoisotopic (exact) mass is 393 g/mol. The summed E-state index contributed by atoms with van der Waals surface area (Å²) < 4.78 is 4.27. The molecule has 5 heteroatoms. The van der Waals surface area contributed by atoms with Crippen molar-refractivity contribution in [3.63, 3.8) is 0 Å². The number of nitrogens with one attached hydrogen (secondary N) is 1. The van der Waals surface area contributed by atoms with Crippen LogP contribution in [0.2, 0.25) is 0 Å². The van der Waals surface area contributed by atoms with Crippen molar-refractivity contribution in [3.05, 3.63) is 84.4 Å². The zero-order chi connectivity index (χ0) is 20.7. The van der Waals surface area contributed by atoms with Gasteiger partial charge in [0, 0.05) is 30.6 Å². The van der Waals surface area contributed by atoms with Crippen LogP contribution < -0.4 is 5.43 Å². The number of nitrogens with zero attached hydrogens (tertiary/aromatic N) is 4. The normalized spacial score (nSPS) is 12.0. The third-order valence-electron chi connectivity index (χ3n) is 5.63. The molecule has 3 aromatic carbocycles. The molecule has 5 nitrogen and oxygen atoms in total. The number of imidazole rings is 1. The number of benzene rings is 3. The quantitative estimate of drug-likeness (QED) is 0.321. The first-order valence-corrected chi connectivity index (χ1v) is 10.00. The van der Waals surface area contributed by atoms with Gasteiger partial charge in [-0.25, -0.2) is 10.4 Å². The maximum atomic E-state index is 4.74. The molecule has 0 radical (unpaired) electrons. The fourth-order valence-corrected chi connectivity index (χ4v) is 4.13. The van der Waals surface area contributed by atoms with Crippen molar-refractivity contribution in [3.8, 4) is 11.3 Å². The van der Waals surface area contributed by atoms with Gasteiger partial charge in [-0.15, -0.1) is 0 Å². The van der Waals surface area contributed by atoms with Crippen LogP contribution in [0.4, 0.5) is 5.95 Å². The second kappa shape index (κ2) is 7.19. The molecular weight excluding hydrogens is 370 g/mol. The Morgan fingerprint density at radius 3 is 2.23 bits per heavy atom. The molecule has 0 amide bonds. The first-order valence-electron chi connectivity index (χ1n) is 10.00. The highest BCUT2D eigenvalue weighted by Crippen LogP contribution is 2.33. The molecule has 148 valence electrons. The van der Waals surface area contributed by atoms with Crippen LogP contribution in [0.3, 0.4) is 0 Å². The number of aromatic nitrogens is 3. The molecule has 0 aliphatic carbocycles. The van der Waals surface area contributed by atoms with E-state index in [4.69, 9.17) is 5.10 Å². The number of rotatable bonds is 4. The Morgan fingerprint density at radius 2 is 1.47 bits per heavy atom. The van der Waals surface area contributed by atoms with Gasteiger partial charge in [-0.3, -0.25) is 0 Å². The van der Waals surface area contributed by atoms with Gasteiger partial charge in [0.2, 0.25) is 5.95 Å². The summed E-state index contributed by atoms with van der Waals surface area (Å²) in [6.45, 7) is 2.05. The lowest BCUT2D eigenvalue weighted by atomic mass is 10.0. The van der Waals surface area contributed by atoms with Crippen LogP contribution in [0.15, 0.2) is 84.0 Å². The average molecular weight is 393 g/mol. The van der Waals surface area contributed by atoms with Crippen molar-refractivity contribution in [1.29, 1.82) is 0 Å². The van der Waals surface area contributed by atoms with E-state index in [0.717, 1.165) is 34.0 Å². The molecule has 0 unspecified atom stereocenters. The number of anilines is 1. The smallest absolute Gasteiger partial charge is 0.224 e. The van der Waals surface area contributed by atoms with E-state index in [1.165, 1.54) is 16.5 Å². The van der Waals surface area contributed by atoms with E-state index in [2.05, 4.69) is 76.6 Å². The maximum absolute atomic E-state index is 4.74. The van der Waals surface area contributed by atoms with Crippen LogP contribution in [0.5, 0.6) is 0 Å². The van der Waals surface area contributed by atoms with E-state index in [0.29, 0.717) is 0 Å². The summed E-state index contributed by atoms with van der Waals surface area (Å²) in [6, 6.07) is 27.0. The summed E-state index contributed by atoms with van der Waals surface area (Å²) in [5.41, 5.74) is 10.8. The summed E-state index contributed by atoms with van der Waals surface area (Å²) in [6.07, 6.45) is 0. The Bertz CT molecular complexity index is 1390. The molecule has 0 atom stereocenters. The third-order valence-corrected chi connectivity index (χ3v) is 5.63. The van der Waals surface area contributed by atoms with Crippen molar-refractivity contribution in [2.45, 2.75) is 6.92 Å². The minimum atomic E-state index is 0.719. The summed E-state index contributed by atoms with van der Waals surface area (Å²) in [5.74, 6) is 0.719. The molecule has 0 bridgehead atoms. The number of fused-ring (bicyclic) bond motifs is 2. The minimum absolute atomic E-state index is 0.719. The lowest BCUT2D eigenvalue weighted by Gasteiger charge is -2.09. The van der Waals surface area contributed by atoms with Gasteiger partial charge >= 0.3 is 0 Å². The second-order valence-corrected chi connectivity index (χ2v) is 7.46. The average Bonchev–Trinajstić information content (AvgIpc) is 3.27. The highest BCUT2D eigenvalue weighted by Gasteiger charge is 2.18. The van der Waals surface area contributed by atoms with Crippen LogP contribution in [0.1, 0.15) is 12.5 Å². The predicted molar refractivity (Wildman–Crippen MR) is 125 cm³/mol. The molecule has 0 aliphatic rings. The highest BCUT2D eigenvalue weighted by molar-refractivity contribution is 6.15. The number of hydrogen-bond acceptors (Lipinski definition) is 3. The summed E-state index contributed by atoms with van der Waals surface area (Å²) in [4.78, 5) is 4.67. The van der Waals surface area contributed by atoms with Crippen molar-refractivity contribution < 1.29 is 0 Å². The van der Waals surface area contributed by atoms with Crippen LogP contribution in [0, 0.1) is 0 Å². The van der Waals surface area contributed by atoms with Crippen LogP contribution in [-0.4, -0.2) is 19.8 Å². The highest BCUT2D eigenvalue weighted by atomic mass is 15.4. The van der Waals surface area contributed by atoms with Crippen LogP contribution in [-0.2, 0) is 14.1 Å². The standard InChI is InChI=1S/C25H23N5/c1-17(27-28-25-26-20-14-8-10-16-22(20)30(25)3)23-19-13-7-9-15-21(19)29(2)24(23)18-11-5-4-6-12-18/h4-16H,1-3H3,(H,26,28)/b27-17+. The SMILES string of the molecule is C/C(=N\Nc1nc2ccccc2n1C)c1c(-c2ccccc2)n(C)c2ccccc12. The van der Waals surface area contributed by atoms with Crippen LogP contribution >= 0.6 is 0 Å². The molecule has 30 heavy (non-hydrogen) atoms. The predicted octanol–water partition coefficient (Wildman–Crippen LogP) is 5.57. The largest absolute Gasteiger partial charge is 0.343 e. The molecule has 5 aromatic rings. The molecule has 0 fully saturated rings. The van der Waals surface area contributed by atoms with Gasteiger partial charge in [0.1, 0.15) is 0 Å². The first-order chi connectivity index (χ1) is 14.6. The second-order valence-electron chi connectivity index (χ2n) is 7.46. The summed E-state index contributed by atoms with van der Waals surface area (Å²) in [7, 11) is 4.11. The van der Waals surface area contributed by atoms with E-state index in [1.807, 2.05) is 42.8 Å². The summed E-state index contributed by atoms with van der Waals surface area (Å²) >= 11 is 0. The fraction of sp³-hybridized carbons (Fsp3) is 0.120. The fourth-order valence-electron chi connectivity index (χ4n) is 4.13. The molecule has 0 aliphatic heterocycles. The Hall–Kier alpha value is -3.86. The molecule has 2 aromatic heterocycles. The van der Waals surface area contributed by atoms with Gasteiger partial charge in [-0.05, 0) is 30.7 Å². The number of para-hydroxylation sites is 3. The van der Waals surface area contributed by atoms with Crippen molar-refractivity contribution in [1.82, 2.24) is 14.1 Å². The van der Waals surface area contributed by atoms with Crippen molar-refractivity contribution in [2.75, 3.05) is 5.43 Å². The molecule has 0 spiro atoms.